The van der Waals surface area contributed by atoms with E-state index in [0.717, 1.165) is 51.3 Å². The lowest BCUT2D eigenvalue weighted by Gasteiger charge is -2.22. The molecule has 1 unspecified atom stereocenters. The number of amides is 1. The Morgan fingerprint density at radius 2 is 2.00 bits per heavy atom. The number of likely N-dealkylation sites (tertiary alicyclic amines) is 1. The molecule has 0 saturated carbocycles. The van der Waals surface area contributed by atoms with Gasteiger partial charge < -0.3 is 15.1 Å². The maximum absolute atomic E-state index is 12.9. The molecule has 3 rings (SSSR count). The zero-order chi connectivity index (χ0) is 19.1. The van der Waals surface area contributed by atoms with Gasteiger partial charge in [0.1, 0.15) is 5.82 Å². The molecule has 144 valence electrons. The van der Waals surface area contributed by atoms with Crippen LogP contribution in [-0.4, -0.2) is 56.1 Å². The summed E-state index contributed by atoms with van der Waals surface area (Å²) < 4.78 is 0. The summed E-state index contributed by atoms with van der Waals surface area (Å²) in [5, 5.41) is 3.13. The third-order valence-corrected chi connectivity index (χ3v) is 5.37. The van der Waals surface area contributed by atoms with Crippen molar-refractivity contribution in [2.45, 2.75) is 25.2 Å². The zero-order valence-electron chi connectivity index (χ0n) is 16.4. The number of nitrogens with zero attached hydrogens (tertiary/aromatic N) is 3. The lowest BCUT2D eigenvalue weighted by atomic mass is 9.92. The van der Waals surface area contributed by atoms with E-state index in [4.69, 9.17) is 0 Å². The lowest BCUT2D eigenvalue weighted by molar-refractivity contribution is 0.0760. The molecule has 0 spiro atoms. The van der Waals surface area contributed by atoms with Crippen LogP contribution in [0.15, 0.2) is 48.7 Å². The Kier molecular flexibility index (Phi) is 6.82. The van der Waals surface area contributed by atoms with E-state index in [2.05, 4.69) is 45.5 Å². The molecule has 0 aliphatic carbocycles. The normalized spacial score (nSPS) is 17.4. The fourth-order valence-electron chi connectivity index (χ4n) is 3.67. The van der Waals surface area contributed by atoms with Crippen molar-refractivity contribution in [2.75, 3.05) is 45.2 Å². The minimum Gasteiger partial charge on any atom is -0.358 e. The second kappa shape index (κ2) is 9.51. The first-order valence-electron chi connectivity index (χ1n) is 9.85. The summed E-state index contributed by atoms with van der Waals surface area (Å²) >= 11 is 0. The third kappa shape index (κ3) is 5.07. The van der Waals surface area contributed by atoms with Crippen molar-refractivity contribution in [1.82, 2.24) is 15.2 Å². The first kappa shape index (κ1) is 19.4. The van der Waals surface area contributed by atoms with E-state index in [9.17, 15) is 4.79 Å². The molecule has 2 aromatic rings. The van der Waals surface area contributed by atoms with Gasteiger partial charge in [0.2, 0.25) is 0 Å². The number of pyridine rings is 1. The predicted molar refractivity (Wildman–Crippen MR) is 110 cm³/mol. The molecule has 1 amide bonds. The van der Waals surface area contributed by atoms with Crippen LogP contribution < -0.4 is 10.2 Å². The van der Waals surface area contributed by atoms with Crippen LogP contribution in [0.25, 0.3) is 0 Å². The minimum absolute atomic E-state index is 0.0978. The highest BCUT2D eigenvalue weighted by Gasteiger charge is 2.22. The summed E-state index contributed by atoms with van der Waals surface area (Å²) in [5.74, 6) is 1.53. The molecular weight excluding hydrogens is 336 g/mol. The largest absolute Gasteiger partial charge is 0.358 e. The monoisotopic (exact) mass is 366 g/mol. The van der Waals surface area contributed by atoms with Crippen LogP contribution in [0.5, 0.6) is 0 Å². The minimum atomic E-state index is 0.0978. The number of carbonyl (C=O) groups is 1. The average molecular weight is 367 g/mol. The van der Waals surface area contributed by atoms with Crippen molar-refractivity contribution in [3.8, 4) is 0 Å². The Morgan fingerprint density at radius 3 is 2.70 bits per heavy atom. The Bertz CT molecular complexity index is 717. The molecule has 1 atom stereocenters. The smallest absolute Gasteiger partial charge is 0.255 e. The van der Waals surface area contributed by atoms with Crippen LogP contribution in [-0.2, 0) is 0 Å². The highest BCUT2D eigenvalue weighted by molar-refractivity contribution is 5.94. The van der Waals surface area contributed by atoms with Crippen LogP contribution in [0.1, 0.15) is 41.1 Å². The second-order valence-electron chi connectivity index (χ2n) is 7.26. The van der Waals surface area contributed by atoms with Gasteiger partial charge in [0.15, 0.2) is 0 Å². The molecule has 2 heterocycles. The summed E-state index contributed by atoms with van der Waals surface area (Å²) in [6.07, 6.45) is 4.92. The first-order valence-corrected chi connectivity index (χ1v) is 9.85. The van der Waals surface area contributed by atoms with E-state index < -0.39 is 0 Å². The van der Waals surface area contributed by atoms with E-state index in [-0.39, 0.29) is 5.91 Å². The summed E-state index contributed by atoms with van der Waals surface area (Å²) in [5.41, 5.74) is 2.07. The zero-order valence-corrected chi connectivity index (χ0v) is 16.4. The van der Waals surface area contributed by atoms with Crippen LogP contribution in [0, 0.1) is 0 Å². The molecule has 1 N–H and O–H groups in total. The lowest BCUT2D eigenvalue weighted by Crippen LogP contribution is -2.32. The number of hydrogen-bond donors (Lipinski definition) is 1. The van der Waals surface area contributed by atoms with E-state index in [0.29, 0.717) is 11.5 Å². The van der Waals surface area contributed by atoms with E-state index in [1.165, 1.54) is 5.56 Å². The topological polar surface area (TPSA) is 48.5 Å². The maximum atomic E-state index is 12.9. The van der Waals surface area contributed by atoms with Gasteiger partial charge in [0, 0.05) is 39.4 Å². The second-order valence-corrected chi connectivity index (χ2v) is 7.26. The number of anilines is 1. The quantitative estimate of drug-likeness (QED) is 0.853. The van der Waals surface area contributed by atoms with Crippen molar-refractivity contribution in [3.05, 3.63) is 59.8 Å². The standard InChI is InChI=1S/C22H30N4O/c1-23-13-16-25(2)21-11-10-20(17-24-21)22(27)26-14-6-9-19(12-15-26)18-7-4-3-5-8-18/h3-5,7-8,10-11,17,19,23H,6,9,12-16H2,1-2H3. The number of aromatic nitrogens is 1. The fraction of sp³-hybridized carbons (Fsp3) is 0.455. The predicted octanol–water partition coefficient (Wildman–Crippen LogP) is 3.15. The molecule has 0 radical (unpaired) electrons. The third-order valence-electron chi connectivity index (χ3n) is 5.37. The summed E-state index contributed by atoms with van der Waals surface area (Å²) in [6.45, 7) is 3.41. The summed E-state index contributed by atoms with van der Waals surface area (Å²) in [4.78, 5) is 21.5. The Morgan fingerprint density at radius 1 is 1.19 bits per heavy atom. The van der Waals surface area contributed by atoms with Crippen LogP contribution in [0.3, 0.4) is 0 Å². The number of carbonyl (C=O) groups excluding carboxylic acids is 1. The number of nitrogens with one attached hydrogen (secondary N) is 1. The van der Waals surface area contributed by atoms with Crippen molar-refractivity contribution in [1.29, 1.82) is 0 Å². The molecule has 5 nitrogen and oxygen atoms in total. The number of hydrogen-bond acceptors (Lipinski definition) is 4. The van der Waals surface area contributed by atoms with Crippen molar-refractivity contribution >= 4 is 11.7 Å². The van der Waals surface area contributed by atoms with E-state index in [1.54, 1.807) is 6.20 Å². The van der Waals surface area contributed by atoms with Gasteiger partial charge in [0.05, 0.1) is 5.56 Å². The van der Waals surface area contributed by atoms with Crippen LogP contribution in [0.4, 0.5) is 5.82 Å². The van der Waals surface area contributed by atoms with Crippen LogP contribution >= 0.6 is 0 Å². The molecule has 1 aromatic heterocycles. The van der Waals surface area contributed by atoms with E-state index >= 15 is 0 Å². The van der Waals surface area contributed by atoms with Gasteiger partial charge in [-0.1, -0.05) is 30.3 Å². The molecule has 1 aliphatic heterocycles. The summed E-state index contributed by atoms with van der Waals surface area (Å²) in [7, 11) is 3.95. The molecule has 1 fully saturated rings. The van der Waals surface area contributed by atoms with Gasteiger partial charge in [-0.15, -0.1) is 0 Å². The highest BCUT2D eigenvalue weighted by Crippen LogP contribution is 2.28. The molecule has 1 aliphatic rings. The number of rotatable bonds is 6. The van der Waals surface area contributed by atoms with Crippen molar-refractivity contribution in [2.24, 2.45) is 0 Å². The molecule has 1 saturated heterocycles. The fourth-order valence-corrected chi connectivity index (χ4v) is 3.67. The van der Waals surface area contributed by atoms with Crippen molar-refractivity contribution in [3.63, 3.8) is 0 Å². The molecule has 0 bridgehead atoms. The van der Waals surface area contributed by atoms with Gasteiger partial charge in [0.25, 0.3) is 5.91 Å². The number of benzene rings is 1. The van der Waals surface area contributed by atoms with Crippen LogP contribution in [0.2, 0.25) is 0 Å². The van der Waals surface area contributed by atoms with Gasteiger partial charge in [-0.2, -0.15) is 0 Å². The van der Waals surface area contributed by atoms with Gasteiger partial charge in [-0.25, -0.2) is 4.98 Å². The molecule has 5 heteroatoms. The molecular formula is C22H30N4O. The number of likely N-dealkylation sites (N-methyl/N-ethyl adjacent to an activating group) is 2. The van der Waals surface area contributed by atoms with Gasteiger partial charge in [-0.3, -0.25) is 4.79 Å². The summed E-state index contributed by atoms with van der Waals surface area (Å²) in [6, 6.07) is 14.5. The first-order chi connectivity index (χ1) is 13.2. The Labute approximate surface area is 162 Å². The Hall–Kier alpha value is -2.40. The molecule has 27 heavy (non-hydrogen) atoms. The van der Waals surface area contributed by atoms with Crippen molar-refractivity contribution < 1.29 is 4.79 Å². The van der Waals surface area contributed by atoms with E-state index in [1.807, 2.05) is 31.1 Å². The van der Waals surface area contributed by atoms with Gasteiger partial charge in [-0.05, 0) is 49.9 Å². The van der Waals surface area contributed by atoms with Gasteiger partial charge >= 0.3 is 0 Å². The highest BCUT2D eigenvalue weighted by atomic mass is 16.2. The maximum Gasteiger partial charge on any atom is 0.255 e. The molecule has 1 aromatic carbocycles. The Balaban J connectivity index is 1.60. The SMILES string of the molecule is CNCCN(C)c1ccc(C(=O)N2CCCC(c3ccccc3)CC2)cn1. The average Bonchev–Trinajstić information content (AvgIpc) is 2.98.